The number of nitrogens with one attached hydrogen (secondary N) is 2. The van der Waals surface area contributed by atoms with Gasteiger partial charge in [-0.25, -0.2) is 0 Å². The summed E-state index contributed by atoms with van der Waals surface area (Å²) in [5.74, 6) is -0.0820. The molecule has 1 aliphatic carbocycles. The molecular formula is C11H16N2O2. The molecule has 0 saturated heterocycles. The van der Waals surface area contributed by atoms with Crippen molar-refractivity contribution in [3.05, 3.63) is 24.0 Å². The molecule has 82 valence electrons. The van der Waals surface area contributed by atoms with Gasteiger partial charge in [0.2, 0.25) is 0 Å². The molecule has 2 rings (SSSR count). The largest absolute Gasteiger partial charge is 0.469 e. The Morgan fingerprint density at radius 3 is 3.00 bits per heavy atom. The summed E-state index contributed by atoms with van der Waals surface area (Å²) < 4.78 is 4.78. The van der Waals surface area contributed by atoms with Crippen LogP contribution in [0.5, 0.6) is 0 Å². The monoisotopic (exact) mass is 208 g/mol. The highest BCUT2D eigenvalue weighted by molar-refractivity contribution is 5.80. The third-order valence-electron chi connectivity index (χ3n) is 2.91. The van der Waals surface area contributed by atoms with Gasteiger partial charge in [-0.1, -0.05) is 0 Å². The summed E-state index contributed by atoms with van der Waals surface area (Å²) in [6.07, 6.45) is 3.78. The van der Waals surface area contributed by atoms with Crippen molar-refractivity contribution >= 4 is 5.97 Å². The van der Waals surface area contributed by atoms with Gasteiger partial charge in [-0.05, 0) is 25.0 Å². The number of aromatic amines is 1. The Morgan fingerprint density at radius 1 is 1.67 bits per heavy atom. The quantitative estimate of drug-likeness (QED) is 0.711. The Balaban J connectivity index is 1.77. The molecule has 0 atom stereocenters. The lowest BCUT2D eigenvalue weighted by atomic mass is 10.1. The summed E-state index contributed by atoms with van der Waals surface area (Å²) in [6.45, 7) is 1.48. The molecule has 15 heavy (non-hydrogen) atoms. The van der Waals surface area contributed by atoms with E-state index in [-0.39, 0.29) is 11.4 Å². The second-order valence-corrected chi connectivity index (χ2v) is 4.07. The zero-order chi connectivity index (χ0) is 10.7. The first-order chi connectivity index (χ1) is 7.27. The molecule has 0 aromatic carbocycles. The van der Waals surface area contributed by atoms with E-state index in [1.54, 1.807) is 0 Å². The molecule has 4 heteroatoms. The van der Waals surface area contributed by atoms with E-state index >= 15 is 0 Å². The molecule has 1 saturated carbocycles. The van der Waals surface area contributed by atoms with Crippen molar-refractivity contribution in [1.82, 2.24) is 10.3 Å². The molecule has 0 amide bonds. The average Bonchev–Trinajstić information content (AvgIpc) is 2.86. The predicted molar refractivity (Wildman–Crippen MR) is 56.2 cm³/mol. The molecule has 1 aliphatic rings. The van der Waals surface area contributed by atoms with Crippen molar-refractivity contribution in [2.24, 2.45) is 5.41 Å². The molecule has 1 fully saturated rings. The van der Waals surface area contributed by atoms with Gasteiger partial charge in [0.25, 0.3) is 0 Å². The first-order valence-corrected chi connectivity index (χ1v) is 5.18. The number of methoxy groups -OCH3 is 1. The normalized spacial score (nSPS) is 17.4. The van der Waals surface area contributed by atoms with E-state index in [1.165, 1.54) is 7.11 Å². The summed E-state index contributed by atoms with van der Waals surface area (Å²) in [5, 5.41) is 3.27. The maximum absolute atomic E-state index is 11.4. The number of esters is 1. The van der Waals surface area contributed by atoms with Crippen LogP contribution in [0.4, 0.5) is 0 Å². The number of carbonyl (C=O) groups excluding carboxylic acids is 1. The minimum Gasteiger partial charge on any atom is -0.469 e. The Hall–Kier alpha value is -1.29. The van der Waals surface area contributed by atoms with Gasteiger partial charge in [0, 0.05) is 25.0 Å². The Bertz CT molecular complexity index is 328. The van der Waals surface area contributed by atoms with E-state index in [0.717, 1.165) is 25.1 Å². The molecule has 2 N–H and O–H groups in total. The molecular weight excluding hydrogens is 192 g/mol. The first-order valence-electron chi connectivity index (χ1n) is 5.18. The molecule has 1 aromatic heterocycles. The lowest BCUT2D eigenvalue weighted by Crippen LogP contribution is -2.30. The maximum Gasteiger partial charge on any atom is 0.313 e. The maximum atomic E-state index is 11.4. The van der Waals surface area contributed by atoms with Crippen LogP contribution >= 0.6 is 0 Å². The van der Waals surface area contributed by atoms with Crippen molar-refractivity contribution in [3.8, 4) is 0 Å². The van der Waals surface area contributed by atoms with Crippen LogP contribution in [0.2, 0.25) is 0 Å². The van der Waals surface area contributed by atoms with Crippen LogP contribution in [0.3, 0.4) is 0 Å². The van der Waals surface area contributed by atoms with Gasteiger partial charge >= 0.3 is 5.97 Å². The first kappa shape index (κ1) is 10.2. The van der Waals surface area contributed by atoms with E-state index in [0.29, 0.717) is 6.54 Å². The molecule has 1 heterocycles. The van der Waals surface area contributed by atoms with Gasteiger partial charge in [-0.3, -0.25) is 4.79 Å². The van der Waals surface area contributed by atoms with Crippen molar-refractivity contribution in [2.75, 3.05) is 13.7 Å². The fourth-order valence-corrected chi connectivity index (χ4v) is 1.73. The van der Waals surface area contributed by atoms with Crippen molar-refractivity contribution < 1.29 is 9.53 Å². The summed E-state index contributed by atoms with van der Waals surface area (Å²) in [6, 6.07) is 3.98. The summed E-state index contributed by atoms with van der Waals surface area (Å²) in [4.78, 5) is 14.5. The van der Waals surface area contributed by atoms with E-state index in [1.807, 2.05) is 18.3 Å². The summed E-state index contributed by atoms with van der Waals surface area (Å²) in [5.41, 5.74) is 0.900. The molecule has 0 unspecified atom stereocenters. The molecule has 0 bridgehead atoms. The number of carbonyl (C=O) groups is 1. The number of hydrogen-bond acceptors (Lipinski definition) is 3. The highest BCUT2D eigenvalue weighted by atomic mass is 16.5. The van der Waals surface area contributed by atoms with E-state index < -0.39 is 0 Å². The number of ether oxygens (including phenoxy) is 1. The minimum atomic E-state index is -0.235. The topological polar surface area (TPSA) is 54.1 Å². The summed E-state index contributed by atoms with van der Waals surface area (Å²) in [7, 11) is 1.45. The zero-order valence-electron chi connectivity index (χ0n) is 8.88. The zero-order valence-corrected chi connectivity index (χ0v) is 8.88. The number of aromatic nitrogens is 1. The van der Waals surface area contributed by atoms with Crippen LogP contribution in [0.15, 0.2) is 18.3 Å². The highest BCUT2D eigenvalue weighted by Crippen LogP contribution is 2.46. The van der Waals surface area contributed by atoms with Gasteiger partial charge in [-0.2, -0.15) is 0 Å². The number of hydrogen-bond donors (Lipinski definition) is 2. The lowest BCUT2D eigenvalue weighted by molar-refractivity contribution is -0.146. The highest BCUT2D eigenvalue weighted by Gasteiger charge is 2.50. The van der Waals surface area contributed by atoms with Crippen LogP contribution < -0.4 is 5.32 Å². The third kappa shape index (κ3) is 2.21. The standard InChI is InChI=1S/C11H16N2O2/c1-15-10(14)11(4-5-11)8-12-7-9-3-2-6-13-9/h2-3,6,12-13H,4-5,7-8H2,1H3. The van der Waals surface area contributed by atoms with Crippen molar-refractivity contribution in [1.29, 1.82) is 0 Å². The van der Waals surface area contributed by atoms with Crippen LogP contribution in [-0.4, -0.2) is 24.6 Å². The van der Waals surface area contributed by atoms with E-state index in [4.69, 9.17) is 4.74 Å². The van der Waals surface area contributed by atoms with Crippen LogP contribution in [-0.2, 0) is 16.1 Å². The molecule has 0 radical (unpaired) electrons. The van der Waals surface area contributed by atoms with Gasteiger partial charge in [-0.15, -0.1) is 0 Å². The second kappa shape index (κ2) is 4.06. The second-order valence-electron chi connectivity index (χ2n) is 4.07. The van der Waals surface area contributed by atoms with Crippen LogP contribution in [0, 0.1) is 5.41 Å². The Morgan fingerprint density at radius 2 is 2.47 bits per heavy atom. The minimum absolute atomic E-state index is 0.0820. The third-order valence-corrected chi connectivity index (χ3v) is 2.91. The summed E-state index contributed by atoms with van der Waals surface area (Å²) >= 11 is 0. The van der Waals surface area contributed by atoms with Crippen molar-refractivity contribution in [3.63, 3.8) is 0 Å². The molecule has 1 aromatic rings. The predicted octanol–water partition coefficient (Wildman–Crippen LogP) is 1.06. The fourth-order valence-electron chi connectivity index (χ4n) is 1.73. The van der Waals surface area contributed by atoms with Crippen LogP contribution in [0.1, 0.15) is 18.5 Å². The molecule has 0 aliphatic heterocycles. The molecule has 4 nitrogen and oxygen atoms in total. The van der Waals surface area contributed by atoms with Gasteiger partial charge < -0.3 is 15.0 Å². The number of rotatable bonds is 5. The van der Waals surface area contributed by atoms with Gasteiger partial charge in [0.15, 0.2) is 0 Å². The van der Waals surface area contributed by atoms with Crippen molar-refractivity contribution in [2.45, 2.75) is 19.4 Å². The van der Waals surface area contributed by atoms with E-state index in [9.17, 15) is 4.79 Å². The number of H-pyrrole nitrogens is 1. The Kier molecular flexibility index (Phi) is 2.77. The SMILES string of the molecule is COC(=O)C1(CNCc2ccc[nH]2)CC1. The fraction of sp³-hybridized carbons (Fsp3) is 0.545. The van der Waals surface area contributed by atoms with E-state index in [2.05, 4.69) is 10.3 Å². The van der Waals surface area contributed by atoms with Gasteiger partial charge in [0.05, 0.1) is 12.5 Å². The van der Waals surface area contributed by atoms with Gasteiger partial charge in [0.1, 0.15) is 0 Å². The lowest BCUT2D eigenvalue weighted by Gasteiger charge is -2.12. The van der Waals surface area contributed by atoms with Crippen LogP contribution in [0.25, 0.3) is 0 Å². The average molecular weight is 208 g/mol. The molecule has 0 spiro atoms. The Labute approximate surface area is 89.0 Å². The smallest absolute Gasteiger partial charge is 0.313 e.